The number of carboxylic acids is 1. The lowest BCUT2D eigenvalue weighted by atomic mass is 10.0. The number of nitrogens with zero attached hydrogens (tertiary/aromatic N) is 1. The van der Waals surface area contributed by atoms with Crippen LogP contribution in [0.2, 0.25) is 0 Å². The Morgan fingerprint density at radius 2 is 0.770 bits per heavy atom. The summed E-state index contributed by atoms with van der Waals surface area (Å²) in [7, 11) is 5.98. The molecule has 0 saturated carbocycles. The molecule has 2 unspecified atom stereocenters. The van der Waals surface area contributed by atoms with Gasteiger partial charge in [0.1, 0.15) is 13.2 Å². The van der Waals surface area contributed by atoms with Gasteiger partial charge in [0.15, 0.2) is 6.10 Å². The van der Waals surface area contributed by atoms with Crippen molar-refractivity contribution in [2.45, 2.75) is 289 Å². The van der Waals surface area contributed by atoms with Crippen LogP contribution in [0.4, 0.5) is 0 Å². The highest BCUT2D eigenvalue weighted by atomic mass is 16.7. The predicted molar refractivity (Wildman–Crippen MR) is 313 cm³/mol. The van der Waals surface area contributed by atoms with Crippen LogP contribution in [0.3, 0.4) is 0 Å². The van der Waals surface area contributed by atoms with Crippen molar-refractivity contribution >= 4 is 17.9 Å². The van der Waals surface area contributed by atoms with E-state index in [1.807, 2.05) is 21.1 Å². The van der Waals surface area contributed by atoms with E-state index in [1.165, 1.54) is 180 Å². The minimum absolute atomic E-state index is 0.178. The highest BCUT2D eigenvalue weighted by Crippen LogP contribution is 2.17. The van der Waals surface area contributed by atoms with Crippen LogP contribution in [-0.2, 0) is 33.3 Å². The lowest BCUT2D eigenvalue weighted by Crippen LogP contribution is -2.40. The molecule has 430 valence electrons. The average molecular weight is 1040 g/mol. The number of aliphatic carboxylic acids is 1. The molecule has 0 fully saturated rings. The zero-order chi connectivity index (χ0) is 54.1. The molecular formula is C65H118NO8+. The van der Waals surface area contributed by atoms with E-state index in [-0.39, 0.29) is 38.2 Å². The molecule has 74 heavy (non-hydrogen) atoms. The maximum absolute atomic E-state index is 12.9. The molecule has 0 aliphatic rings. The third-order valence-electron chi connectivity index (χ3n) is 13.5. The summed E-state index contributed by atoms with van der Waals surface area (Å²) in [6, 6.07) is 0. The molecule has 2 atom stereocenters. The molecule has 0 bridgehead atoms. The molecular weight excluding hydrogens is 923 g/mol. The second kappa shape index (κ2) is 56.2. The maximum atomic E-state index is 12.9. The molecule has 0 aliphatic carbocycles. The average Bonchev–Trinajstić information content (AvgIpc) is 3.37. The third kappa shape index (κ3) is 56.7. The number of unbranched alkanes of at least 4 members (excludes halogenated alkanes) is 32. The summed E-state index contributed by atoms with van der Waals surface area (Å²) < 4.78 is 22.9. The minimum atomic E-state index is -1.51. The van der Waals surface area contributed by atoms with E-state index in [2.05, 4.69) is 74.6 Å². The fraction of sp³-hybridized carbons (Fsp3) is 0.800. The monoisotopic (exact) mass is 1040 g/mol. The van der Waals surface area contributed by atoms with Gasteiger partial charge in [-0.05, 0) is 57.8 Å². The zero-order valence-electron chi connectivity index (χ0n) is 49.0. The summed E-state index contributed by atoms with van der Waals surface area (Å²) >= 11 is 0. The fourth-order valence-electron chi connectivity index (χ4n) is 8.81. The number of quaternary nitrogens is 1. The number of likely N-dealkylation sites (N-methyl/N-ethyl adjacent to an activating group) is 1. The molecule has 0 aromatic rings. The summed E-state index contributed by atoms with van der Waals surface area (Å²) in [5.41, 5.74) is 0. The number of hydrogen-bond donors (Lipinski definition) is 1. The zero-order valence-corrected chi connectivity index (χ0v) is 49.0. The van der Waals surface area contributed by atoms with Gasteiger partial charge in [-0.15, -0.1) is 0 Å². The van der Waals surface area contributed by atoms with Crippen LogP contribution in [0.5, 0.6) is 0 Å². The van der Waals surface area contributed by atoms with Crippen LogP contribution in [0, 0.1) is 0 Å². The van der Waals surface area contributed by atoms with Crippen LogP contribution in [0.1, 0.15) is 277 Å². The number of esters is 2. The Bertz CT molecular complexity index is 1400. The van der Waals surface area contributed by atoms with E-state index < -0.39 is 18.4 Å². The van der Waals surface area contributed by atoms with Crippen molar-refractivity contribution in [3.63, 3.8) is 0 Å². The van der Waals surface area contributed by atoms with Crippen LogP contribution in [0.15, 0.2) is 60.8 Å². The summed E-state index contributed by atoms with van der Waals surface area (Å²) in [5.74, 6) is -1.99. The molecule has 0 saturated heterocycles. The Kier molecular flexibility index (Phi) is 53.9. The Labute approximate surface area is 456 Å². The molecule has 0 heterocycles. The molecule has 9 heteroatoms. The quantitative estimate of drug-likeness (QED) is 0.0211. The Balaban J connectivity index is 4.04. The second-order valence-corrected chi connectivity index (χ2v) is 22.0. The number of hydrogen-bond acceptors (Lipinski definition) is 7. The van der Waals surface area contributed by atoms with Gasteiger partial charge in [0.2, 0.25) is 0 Å². The van der Waals surface area contributed by atoms with Crippen LogP contribution in [0.25, 0.3) is 0 Å². The van der Waals surface area contributed by atoms with Crippen molar-refractivity contribution < 1.29 is 42.9 Å². The van der Waals surface area contributed by atoms with Gasteiger partial charge in [0.25, 0.3) is 6.29 Å². The number of rotatable bonds is 57. The first-order valence-electron chi connectivity index (χ1n) is 31.0. The highest BCUT2D eigenvalue weighted by Gasteiger charge is 2.25. The highest BCUT2D eigenvalue weighted by molar-refractivity contribution is 5.71. The van der Waals surface area contributed by atoms with Gasteiger partial charge in [-0.3, -0.25) is 9.59 Å². The van der Waals surface area contributed by atoms with Gasteiger partial charge in [-0.25, -0.2) is 4.79 Å². The molecule has 1 N–H and O–H groups in total. The SMILES string of the molecule is CC/C=C\C/C=C\C/C=C\C/C=C\C/C=C\CCCCCCCCCCCCCCCCCCCCCC(=O)OC(COC(=O)CCCCCCCCCCCCCCCC)COC(OCC[N+](C)(C)C)C(=O)O. The number of carbonyl (C=O) groups excluding carboxylic acids is 2. The first kappa shape index (κ1) is 71.0. The van der Waals surface area contributed by atoms with E-state index in [0.717, 1.165) is 70.6 Å². The molecule has 0 radical (unpaired) electrons. The van der Waals surface area contributed by atoms with E-state index in [0.29, 0.717) is 17.4 Å². The van der Waals surface area contributed by atoms with Crippen LogP contribution < -0.4 is 0 Å². The van der Waals surface area contributed by atoms with E-state index in [9.17, 15) is 19.5 Å². The minimum Gasteiger partial charge on any atom is -0.477 e. The number of ether oxygens (including phenoxy) is 4. The smallest absolute Gasteiger partial charge is 0.361 e. The van der Waals surface area contributed by atoms with Crippen LogP contribution in [-0.4, -0.2) is 87.4 Å². The van der Waals surface area contributed by atoms with Crippen molar-refractivity contribution in [3.05, 3.63) is 60.8 Å². The van der Waals surface area contributed by atoms with E-state index >= 15 is 0 Å². The first-order valence-corrected chi connectivity index (χ1v) is 31.0. The molecule has 0 aliphatic heterocycles. The first-order chi connectivity index (χ1) is 36.1. The predicted octanol–water partition coefficient (Wildman–Crippen LogP) is 18.4. The Hall–Kier alpha value is -3.01. The number of allylic oxidation sites excluding steroid dienone is 10. The van der Waals surface area contributed by atoms with Gasteiger partial charge < -0.3 is 28.5 Å². The third-order valence-corrected chi connectivity index (χ3v) is 13.5. The van der Waals surface area contributed by atoms with Gasteiger partial charge in [0, 0.05) is 12.8 Å². The van der Waals surface area contributed by atoms with Gasteiger partial charge in [-0.1, -0.05) is 267 Å². The van der Waals surface area contributed by atoms with Gasteiger partial charge >= 0.3 is 17.9 Å². The van der Waals surface area contributed by atoms with Crippen LogP contribution >= 0.6 is 0 Å². The topological polar surface area (TPSA) is 108 Å². The Morgan fingerprint density at radius 3 is 1.15 bits per heavy atom. The van der Waals surface area contributed by atoms with Crippen molar-refractivity contribution in [1.29, 1.82) is 0 Å². The van der Waals surface area contributed by atoms with E-state index in [1.54, 1.807) is 0 Å². The Morgan fingerprint density at radius 1 is 0.419 bits per heavy atom. The molecule has 0 aromatic heterocycles. The molecule has 0 rings (SSSR count). The molecule has 0 spiro atoms. The standard InChI is InChI=1S/C65H117NO8/c1-6-8-10-12-14-16-18-20-22-23-24-25-26-27-28-29-30-31-32-33-34-35-36-37-38-39-40-41-42-44-46-48-50-52-54-56-63(68)74-61(60-73-65(64(69)70)71-58-57-66(3,4)5)59-72-62(67)55-53-51-49-47-45-43-21-19-17-15-13-11-9-7-2/h8,10,14,16,20,22,24-25,27-28,61,65H,6-7,9,11-13,15,17-19,21,23,26,29-60H2,1-5H3/p+1/b10-8-,16-14-,22-20-,25-24-,28-27-. The van der Waals surface area contributed by atoms with Gasteiger partial charge in [0.05, 0.1) is 34.4 Å². The fourth-order valence-corrected chi connectivity index (χ4v) is 8.81. The summed E-state index contributed by atoms with van der Waals surface area (Å²) in [6.07, 6.45) is 68.9. The lowest BCUT2D eigenvalue weighted by molar-refractivity contribution is -0.870. The summed E-state index contributed by atoms with van der Waals surface area (Å²) in [5, 5.41) is 9.70. The number of carbonyl (C=O) groups is 3. The summed E-state index contributed by atoms with van der Waals surface area (Å²) in [4.78, 5) is 37.4. The van der Waals surface area contributed by atoms with Crippen molar-refractivity contribution in [1.82, 2.24) is 0 Å². The second-order valence-electron chi connectivity index (χ2n) is 22.0. The summed E-state index contributed by atoms with van der Waals surface area (Å²) in [6.45, 7) is 4.79. The molecule has 0 amide bonds. The molecule has 9 nitrogen and oxygen atoms in total. The van der Waals surface area contributed by atoms with Gasteiger partial charge in [-0.2, -0.15) is 0 Å². The van der Waals surface area contributed by atoms with Crippen molar-refractivity contribution in [2.24, 2.45) is 0 Å². The van der Waals surface area contributed by atoms with E-state index in [4.69, 9.17) is 18.9 Å². The largest absolute Gasteiger partial charge is 0.477 e. The lowest BCUT2D eigenvalue weighted by Gasteiger charge is -2.25. The molecule has 0 aromatic carbocycles. The number of carboxylic acid groups (broad SMARTS) is 1. The normalized spacial score (nSPS) is 13.1. The maximum Gasteiger partial charge on any atom is 0.361 e. The van der Waals surface area contributed by atoms with Crippen molar-refractivity contribution in [2.75, 3.05) is 47.5 Å². The van der Waals surface area contributed by atoms with Crippen molar-refractivity contribution in [3.8, 4) is 0 Å².